The molecule has 0 heterocycles. The van der Waals surface area contributed by atoms with Crippen LogP contribution in [0.15, 0.2) is 54.6 Å². The maximum absolute atomic E-state index is 10.7. The molecule has 0 spiro atoms. The summed E-state index contributed by atoms with van der Waals surface area (Å²) in [6.45, 7) is 0. The molecule has 6 nitrogen and oxygen atoms in total. The first-order valence-corrected chi connectivity index (χ1v) is 7.12. The van der Waals surface area contributed by atoms with Gasteiger partial charge in [0.1, 0.15) is 11.9 Å². The first kappa shape index (κ1) is 17.2. The van der Waals surface area contributed by atoms with E-state index in [9.17, 15) is 15.4 Å². The van der Waals surface area contributed by atoms with E-state index in [0.717, 1.165) is 11.1 Å². The molecular weight excluding hydrogens is 308 g/mol. The molecule has 1 unspecified atom stereocenters. The van der Waals surface area contributed by atoms with Crippen molar-refractivity contribution in [1.82, 2.24) is 0 Å². The summed E-state index contributed by atoms with van der Waals surface area (Å²) in [5.41, 5.74) is 1.92. The Hall–Kier alpha value is -3.17. The van der Waals surface area contributed by atoms with Gasteiger partial charge in [-0.1, -0.05) is 0 Å². The maximum atomic E-state index is 10.7. The normalized spacial score (nSPS) is 12.3. The largest absolute Gasteiger partial charge is 0.497 e. The summed E-state index contributed by atoms with van der Waals surface area (Å²) in [7, 11) is 3.09. The van der Waals surface area contributed by atoms with Gasteiger partial charge in [-0.25, -0.2) is 0 Å². The van der Waals surface area contributed by atoms with E-state index in [1.807, 2.05) is 0 Å². The van der Waals surface area contributed by atoms with E-state index < -0.39 is 11.0 Å². The molecular formula is C18H16N2O4. The lowest BCUT2D eigenvalue weighted by Gasteiger charge is -2.12. The molecule has 2 aromatic rings. The molecule has 0 saturated heterocycles. The lowest BCUT2D eigenvalue weighted by molar-refractivity contribution is -0.384. The van der Waals surface area contributed by atoms with Gasteiger partial charge < -0.3 is 9.47 Å². The average molecular weight is 324 g/mol. The van der Waals surface area contributed by atoms with E-state index in [-0.39, 0.29) is 5.69 Å². The Balaban J connectivity index is 2.32. The number of rotatable bonds is 6. The Kier molecular flexibility index (Phi) is 5.66. The van der Waals surface area contributed by atoms with E-state index in [4.69, 9.17) is 9.47 Å². The molecule has 0 radical (unpaired) electrons. The predicted octanol–water partition coefficient (Wildman–Crippen LogP) is 3.90. The first-order chi connectivity index (χ1) is 11.6. The Bertz CT molecular complexity index is 774. The molecule has 0 bridgehead atoms. The van der Waals surface area contributed by atoms with Crippen LogP contribution in [0.1, 0.15) is 17.2 Å². The van der Waals surface area contributed by atoms with Crippen molar-refractivity contribution in [3.8, 4) is 11.8 Å². The van der Waals surface area contributed by atoms with Crippen LogP contribution in [0.4, 0.5) is 5.69 Å². The number of nitro groups is 1. The number of nitrogens with zero attached hydrogens (tertiary/aromatic N) is 2. The van der Waals surface area contributed by atoms with Gasteiger partial charge in [-0.3, -0.25) is 10.1 Å². The lowest BCUT2D eigenvalue weighted by Crippen LogP contribution is -2.00. The Labute approximate surface area is 139 Å². The quantitative estimate of drug-likeness (QED) is 0.457. The molecule has 0 aliphatic rings. The number of nitriles is 1. The van der Waals surface area contributed by atoms with E-state index >= 15 is 0 Å². The van der Waals surface area contributed by atoms with Crippen LogP contribution in [0.3, 0.4) is 0 Å². The van der Waals surface area contributed by atoms with E-state index in [0.29, 0.717) is 11.3 Å². The molecule has 0 amide bonds. The summed E-state index contributed by atoms with van der Waals surface area (Å²) in [6, 6.07) is 15.3. The van der Waals surface area contributed by atoms with Gasteiger partial charge in [-0.15, -0.1) is 0 Å². The molecule has 0 aliphatic carbocycles. The van der Waals surface area contributed by atoms with Crippen LogP contribution in [0.25, 0.3) is 5.57 Å². The van der Waals surface area contributed by atoms with E-state index in [1.54, 1.807) is 49.6 Å². The van der Waals surface area contributed by atoms with Crippen molar-refractivity contribution in [2.24, 2.45) is 0 Å². The van der Waals surface area contributed by atoms with Crippen molar-refractivity contribution in [2.45, 2.75) is 6.10 Å². The zero-order valence-electron chi connectivity index (χ0n) is 13.3. The summed E-state index contributed by atoms with van der Waals surface area (Å²) in [4.78, 5) is 10.3. The smallest absolute Gasteiger partial charge is 0.269 e. The highest BCUT2D eigenvalue weighted by Gasteiger charge is 2.13. The minimum absolute atomic E-state index is 0.00763. The number of hydrogen-bond donors (Lipinski definition) is 0. The molecule has 6 heteroatoms. The van der Waals surface area contributed by atoms with Crippen LogP contribution in [-0.4, -0.2) is 19.1 Å². The van der Waals surface area contributed by atoms with Gasteiger partial charge in [0.15, 0.2) is 0 Å². The van der Waals surface area contributed by atoms with Gasteiger partial charge in [-0.05, 0) is 53.6 Å². The van der Waals surface area contributed by atoms with Gasteiger partial charge in [0.2, 0.25) is 0 Å². The molecule has 0 saturated carbocycles. The van der Waals surface area contributed by atoms with Crippen molar-refractivity contribution in [1.29, 1.82) is 5.26 Å². The zero-order valence-corrected chi connectivity index (χ0v) is 13.3. The van der Waals surface area contributed by atoms with Crippen LogP contribution >= 0.6 is 0 Å². The molecule has 0 fully saturated rings. The standard InChI is InChI=1S/C18H16N2O4/c1-23-17-9-5-13(6-10-17)15(12-19)11-18(24-2)14-3-7-16(8-4-14)20(21)22/h3-11,18H,1-2H3/b15-11+. The predicted molar refractivity (Wildman–Crippen MR) is 89.4 cm³/mol. The second-order valence-corrected chi connectivity index (χ2v) is 4.93. The fourth-order valence-electron chi connectivity index (χ4n) is 2.21. The van der Waals surface area contributed by atoms with Crippen LogP contribution in [0.2, 0.25) is 0 Å². The highest BCUT2D eigenvalue weighted by molar-refractivity contribution is 5.77. The number of allylic oxidation sites excluding steroid dienone is 1. The zero-order chi connectivity index (χ0) is 17.5. The fraction of sp³-hybridized carbons (Fsp3) is 0.167. The number of benzene rings is 2. The minimum atomic E-state index is -0.484. The molecule has 0 aromatic heterocycles. The number of ether oxygens (including phenoxy) is 2. The third kappa shape index (κ3) is 3.97. The molecule has 0 N–H and O–H groups in total. The van der Waals surface area contributed by atoms with Crippen LogP contribution in [0, 0.1) is 21.4 Å². The number of hydrogen-bond acceptors (Lipinski definition) is 5. The molecule has 122 valence electrons. The van der Waals surface area contributed by atoms with Gasteiger partial charge in [-0.2, -0.15) is 5.26 Å². The molecule has 0 aliphatic heterocycles. The number of non-ortho nitro benzene ring substituents is 1. The first-order valence-electron chi connectivity index (χ1n) is 7.12. The average Bonchev–Trinajstić information content (AvgIpc) is 2.63. The van der Waals surface area contributed by atoms with Crippen LogP contribution in [-0.2, 0) is 4.74 Å². The third-order valence-electron chi connectivity index (χ3n) is 3.53. The second-order valence-electron chi connectivity index (χ2n) is 4.93. The minimum Gasteiger partial charge on any atom is -0.497 e. The van der Waals surface area contributed by atoms with E-state index in [2.05, 4.69) is 6.07 Å². The van der Waals surface area contributed by atoms with Crippen molar-refractivity contribution in [2.75, 3.05) is 14.2 Å². The monoisotopic (exact) mass is 324 g/mol. The Morgan fingerprint density at radius 1 is 1.17 bits per heavy atom. The molecule has 1 atom stereocenters. The lowest BCUT2D eigenvalue weighted by atomic mass is 10.0. The van der Waals surface area contributed by atoms with Gasteiger partial charge in [0.05, 0.1) is 23.7 Å². The molecule has 2 rings (SSSR count). The third-order valence-corrected chi connectivity index (χ3v) is 3.53. The Morgan fingerprint density at radius 2 is 1.79 bits per heavy atom. The molecule has 2 aromatic carbocycles. The molecule has 24 heavy (non-hydrogen) atoms. The number of nitro benzene ring substituents is 1. The summed E-state index contributed by atoms with van der Waals surface area (Å²) >= 11 is 0. The van der Waals surface area contributed by atoms with Crippen molar-refractivity contribution < 1.29 is 14.4 Å². The van der Waals surface area contributed by atoms with Crippen LogP contribution < -0.4 is 4.74 Å². The SMILES string of the molecule is COc1ccc(/C(C#N)=C/C(OC)c2ccc([N+](=O)[O-])cc2)cc1. The van der Waals surface area contributed by atoms with Gasteiger partial charge in [0, 0.05) is 19.2 Å². The maximum Gasteiger partial charge on any atom is 0.269 e. The summed E-state index contributed by atoms with van der Waals surface area (Å²) < 4.78 is 10.5. The highest BCUT2D eigenvalue weighted by atomic mass is 16.6. The topological polar surface area (TPSA) is 85.4 Å². The van der Waals surface area contributed by atoms with Crippen LogP contribution in [0.5, 0.6) is 5.75 Å². The highest BCUT2D eigenvalue weighted by Crippen LogP contribution is 2.26. The Morgan fingerprint density at radius 3 is 2.25 bits per heavy atom. The van der Waals surface area contributed by atoms with Crippen molar-refractivity contribution >= 4 is 11.3 Å². The van der Waals surface area contributed by atoms with Crippen molar-refractivity contribution in [3.05, 3.63) is 75.8 Å². The fourth-order valence-corrected chi connectivity index (χ4v) is 2.21. The van der Waals surface area contributed by atoms with Crippen molar-refractivity contribution in [3.63, 3.8) is 0 Å². The van der Waals surface area contributed by atoms with E-state index in [1.165, 1.54) is 19.2 Å². The number of methoxy groups -OCH3 is 2. The van der Waals surface area contributed by atoms with Gasteiger partial charge >= 0.3 is 0 Å². The second kappa shape index (κ2) is 7.90. The summed E-state index contributed by atoms with van der Waals surface area (Å²) in [5.74, 6) is 0.703. The van der Waals surface area contributed by atoms with Gasteiger partial charge in [0.25, 0.3) is 5.69 Å². The summed E-state index contributed by atoms with van der Waals surface area (Å²) in [5, 5.41) is 20.1. The summed E-state index contributed by atoms with van der Waals surface area (Å²) in [6.07, 6.45) is 1.20.